The second-order valence-electron chi connectivity index (χ2n) is 5.11. The molecule has 0 bridgehead atoms. The molecule has 0 unspecified atom stereocenters. The van der Waals surface area contributed by atoms with Crippen molar-refractivity contribution in [2.45, 2.75) is 24.7 Å². The molecule has 0 saturated carbocycles. The predicted molar refractivity (Wildman–Crippen MR) is 86.7 cm³/mol. The minimum Gasteiger partial charge on any atom is -0.444 e. The second-order valence-corrected chi connectivity index (χ2v) is 7.54. The Morgan fingerprint density at radius 3 is 2.52 bits per heavy atom. The number of oxazole rings is 1. The van der Waals surface area contributed by atoms with Crippen molar-refractivity contribution < 1.29 is 12.8 Å². The van der Waals surface area contributed by atoms with E-state index in [1.807, 2.05) is 13.8 Å². The van der Waals surface area contributed by atoms with E-state index in [1.54, 1.807) is 18.3 Å². The van der Waals surface area contributed by atoms with Crippen molar-refractivity contribution in [3.63, 3.8) is 0 Å². The molecule has 3 rings (SSSR count). The minimum absolute atomic E-state index is 0.141. The molecule has 0 aliphatic rings. The van der Waals surface area contributed by atoms with Crippen LogP contribution in [0.3, 0.4) is 0 Å². The van der Waals surface area contributed by atoms with Gasteiger partial charge in [0.25, 0.3) is 10.0 Å². The number of hydrogen-bond acceptors (Lipinski definition) is 7. The van der Waals surface area contributed by atoms with Gasteiger partial charge < -0.3 is 4.42 Å². The maximum atomic E-state index is 12.4. The van der Waals surface area contributed by atoms with Crippen LogP contribution in [0.15, 0.2) is 46.2 Å². The summed E-state index contributed by atoms with van der Waals surface area (Å²) in [5.41, 5.74) is 0.749. The topological polar surface area (TPSA) is 98.0 Å². The quantitative estimate of drug-likeness (QED) is 0.759. The highest BCUT2D eigenvalue weighted by Gasteiger charge is 2.18. The second kappa shape index (κ2) is 6.09. The Bertz CT molecular complexity index is 885. The van der Waals surface area contributed by atoms with Crippen LogP contribution in [0, 0.1) is 0 Å². The van der Waals surface area contributed by atoms with Crippen molar-refractivity contribution in [3.05, 3.63) is 42.7 Å². The zero-order valence-electron chi connectivity index (χ0n) is 12.4. The van der Waals surface area contributed by atoms with Crippen LogP contribution in [0.25, 0.3) is 11.3 Å². The van der Waals surface area contributed by atoms with E-state index in [-0.39, 0.29) is 15.9 Å². The van der Waals surface area contributed by atoms with E-state index < -0.39 is 10.0 Å². The van der Waals surface area contributed by atoms with Crippen LogP contribution in [0.2, 0.25) is 0 Å². The molecule has 0 atom stereocenters. The van der Waals surface area contributed by atoms with Gasteiger partial charge in [0, 0.05) is 23.0 Å². The van der Waals surface area contributed by atoms with Crippen molar-refractivity contribution in [2.24, 2.45) is 0 Å². The monoisotopic (exact) mass is 350 g/mol. The average molecular weight is 350 g/mol. The first kappa shape index (κ1) is 15.6. The van der Waals surface area contributed by atoms with Gasteiger partial charge in [-0.3, -0.25) is 4.72 Å². The number of nitrogens with one attached hydrogen (secondary N) is 1. The lowest BCUT2D eigenvalue weighted by Gasteiger charge is -2.05. The van der Waals surface area contributed by atoms with Gasteiger partial charge >= 0.3 is 0 Å². The molecule has 0 radical (unpaired) electrons. The smallest absolute Gasteiger partial charge is 0.263 e. The summed E-state index contributed by atoms with van der Waals surface area (Å²) in [5.74, 6) is 1.34. The Morgan fingerprint density at radius 2 is 1.96 bits per heavy atom. The van der Waals surface area contributed by atoms with Crippen molar-refractivity contribution in [1.29, 1.82) is 0 Å². The third kappa shape index (κ3) is 3.40. The molecule has 9 heteroatoms. The number of hydrogen-bond donors (Lipinski definition) is 1. The summed E-state index contributed by atoms with van der Waals surface area (Å²) in [6, 6.07) is 6.33. The van der Waals surface area contributed by atoms with Crippen molar-refractivity contribution in [2.75, 3.05) is 4.72 Å². The number of nitrogens with zero attached hydrogens (tertiary/aromatic N) is 3. The number of sulfonamides is 1. The van der Waals surface area contributed by atoms with Crippen LogP contribution in [0.1, 0.15) is 25.6 Å². The molecule has 0 aliphatic carbocycles. The molecule has 0 saturated heterocycles. The zero-order chi connectivity index (χ0) is 16.4. The summed E-state index contributed by atoms with van der Waals surface area (Å²) in [5, 5.41) is 0.257. The molecule has 3 aromatic rings. The van der Waals surface area contributed by atoms with Crippen molar-refractivity contribution in [1.82, 2.24) is 14.3 Å². The molecule has 0 spiro atoms. The maximum Gasteiger partial charge on any atom is 0.263 e. The molecular formula is C14H14N4O3S2. The molecule has 1 N–H and O–H groups in total. The van der Waals surface area contributed by atoms with Crippen molar-refractivity contribution in [3.8, 4) is 11.3 Å². The maximum absolute atomic E-state index is 12.4. The van der Waals surface area contributed by atoms with Crippen LogP contribution >= 0.6 is 11.5 Å². The summed E-state index contributed by atoms with van der Waals surface area (Å²) in [7, 11) is -3.70. The van der Waals surface area contributed by atoms with Gasteiger partial charge in [-0.05, 0) is 24.3 Å². The average Bonchev–Trinajstić information content (AvgIpc) is 3.18. The third-order valence-corrected chi connectivity index (χ3v) is 5.19. The number of aromatic nitrogens is 3. The molecule has 120 valence electrons. The lowest BCUT2D eigenvalue weighted by atomic mass is 10.2. The predicted octanol–water partition coefficient (Wildman–Crippen LogP) is 3.12. The number of anilines is 1. The van der Waals surface area contributed by atoms with Crippen LogP contribution < -0.4 is 4.72 Å². The Morgan fingerprint density at radius 1 is 1.22 bits per heavy atom. The van der Waals surface area contributed by atoms with E-state index in [9.17, 15) is 8.42 Å². The van der Waals surface area contributed by atoms with E-state index in [1.165, 1.54) is 18.5 Å². The standard InChI is InChI=1S/C14H14N4O3S2/c1-9(2)13-16-14(22-17-13)18-23(19,20)11-5-3-10(4-6-11)12-7-15-8-21-12/h3-9H,1-2H3,(H,16,17,18). The Hall–Kier alpha value is -2.26. The van der Waals surface area contributed by atoms with Crippen LogP contribution in [0.4, 0.5) is 5.13 Å². The van der Waals surface area contributed by atoms with Gasteiger partial charge in [-0.2, -0.15) is 4.37 Å². The molecule has 0 amide bonds. The first-order chi connectivity index (χ1) is 11.0. The molecule has 7 nitrogen and oxygen atoms in total. The molecule has 2 heterocycles. The highest BCUT2D eigenvalue weighted by Crippen LogP contribution is 2.23. The van der Waals surface area contributed by atoms with Gasteiger partial charge in [-0.25, -0.2) is 18.4 Å². The van der Waals surface area contributed by atoms with Crippen molar-refractivity contribution >= 4 is 26.7 Å². The lowest BCUT2D eigenvalue weighted by Crippen LogP contribution is -2.12. The molecule has 0 aliphatic heterocycles. The highest BCUT2D eigenvalue weighted by molar-refractivity contribution is 7.93. The number of rotatable bonds is 5. The molecular weight excluding hydrogens is 336 g/mol. The third-order valence-electron chi connectivity index (χ3n) is 3.06. The molecule has 2 aromatic heterocycles. The number of benzene rings is 1. The van der Waals surface area contributed by atoms with Gasteiger partial charge in [0.2, 0.25) is 5.13 Å². The van der Waals surface area contributed by atoms with Gasteiger partial charge in [-0.15, -0.1) is 0 Å². The summed E-state index contributed by atoms with van der Waals surface area (Å²) in [4.78, 5) is 8.14. The largest absolute Gasteiger partial charge is 0.444 e. The Kier molecular flexibility index (Phi) is 4.14. The normalized spacial score (nSPS) is 11.8. The van der Waals surface area contributed by atoms with Gasteiger partial charge in [0.15, 0.2) is 12.2 Å². The SMILES string of the molecule is CC(C)c1nsc(NS(=O)(=O)c2ccc(-c3cnco3)cc2)n1. The fourth-order valence-electron chi connectivity index (χ4n) is 1.84. The molecule has 23 heavy (non-hydrogen) atoms. The van der Waals surface area contributed by atoms with E-state index in [2.05, 4.69) is 19.1 Å². The minimum atomic E-state index is -3.70. The zero-order valence-corrected chi connectivity index (χ0v) is 14.1. The lowest BCUT2D eigenvalue weighted by molar-refractivity contribution is 0.572. The van der Waals surface area contributed by atoms with Crippen LogP contribution in [-0.4, -0.2) is 22.8 Å². The van der Waals surface area contributed by atoms with Gasteiger partial charge in [-0.1, -0.05) is 13.8 Å². The first-order valence-corrected chi connectivity index (χ1v) is 9.07. The molecule has 0 fully saturated rings. The summed E-state index contributed by atoms with van der Waals surface area (Å²) in [6.45, 7) is 3.89. The Labute approximate surface area is 137 Å². The van der Waals surface area contributed by atoms with E-state index in [0.29, 0.717) is 11.6 Å². The van der Waals surface area contributed by atoms with Crippen LogP contribution in [0.5, 0.6) is 0 Å². The van der Waals surface area contributed by atoms with E-state index >= 15 is 0 Å². The highest BCUT2D eigenvalue weighted by atomic mass is 32.2. The Balaban J connectivity index is 1.81. The van der Waals surface area contributed by atoms with Gasteiger partial charge in [0.05, 0.1) is 11.1 Å². The fourth-order valence-corrected chi connectivity index (χ4v) is 3.77. The molecule has 1 aromatic carbocycles. The van der Waals surface area contributed by atoms with E-state index in [0.717, 1.165) is 17.1 Å². The van der Waals surface area contributed by atoms with Gasteiger partial charge in [0.1, 0.15) is 5.82 Å². The first-order valence-electron chi connectivity index (χ1n) is 6.81. The van der Waals surface area contributed by atoms with Crippen LogP contribution in [-0.2, 0) is 10.0 Å². The fraction of sp³-hybridized carbons (Fsp3) is 0.214. The van der Waals surface area contributed by atoms with E-state index in [4.69, 9.17) is 4.42 Å². The summed E-state index contributed by atoms with van der Waals surface area (Å²) >= 11 is 1.03. The summed E-state index contributed by atoms with van der Waals surface area (Å²) in [6.07, 6.45) is 2.89. The summed E-state index contributed by atoms with van der Waals surface area (Å²) < 4.78 is 36.5.